The topological polar surface area (TPSA) is 45.0 Å². The molecule has 0 saturated heterocycles. The summed E-state index contributed by atoms with van der Waals surface area (Å²) in [6.07, 6.45) is -4.81. The summed E-state index contributed by atoms with van der Waals surface area (Å²) in [4.78, 5) is 0.826. The Morgan fingerprint density at radius 1 is 1.09 bits per heavy atom. The molecule has 1 heterocycles. The number of benzene rings is 2. The van der Waals surface area contributed by atoms with Gasteiger partial charge in [0.15, 0.2) is 0 Å². The van der Waals surface area contributed by atoms with E-state index in [1.165, 1.54) is 23.5 Å². The first kappa shape index (κ1) is 25.3. The van der Waals surface area contributed by atoms with Crippen LogP contribution in [0.1, 0.15) is 45.7 Å². The Bertz CT molecular complexity index is 1150. The molecule has 2 aromatic carbocycles. The summed E-state index contributed by atoms with van der Waals surface area (Å²) in [5.74, 6) is -0.315. The zero-order chi connectivity index (χ0) is 24.1. The molecule has 0 aliphatic rings. The number of thiophene rings is 1. The summed E-state index contributed by atoms with van der Waals surface area (Å²) in [5.41, 5.74) is 3.07. The number of halogens is 3. The number of hydrogen-bond donors (Lipinski definition) is 1. The highest BCUT2D eigenvalue weighted by atomic mass is 32.1. The van der Waals surface area contributed by atoms with E-state index in [-0.39, 0.29) is 11.8 Å². The van der Waals surface area contributed by atoms with Crippen molar-refractivity contribution in [1.82, 2.24) is 5.32 Å². The smallest absolute Gasteiger partial charge is 0.406 e. The lowest BCUT2D eigenvalue weighted by Gasteiger charge is -2.15. The van der Waals surface area contributed by atoms with E-state index in [0.29, 0.717) is 22.4 Å². The van der Waals surface area contributed by atoms with E-state index in [1.54, 1.807) is 13.0 Å². The van der Waals surface area contributed by atoms with Crippen LogP contribution in [-0.2, 0) is 0 Å². The zero-order valence-corrected chi connectivity index (χ0v) is 19.8. The van der Waals surface area contributed by atoms with Crippen molar-refractivity contribution in [3.05, 3.63) is 59.3 Å². The molecule has 0 aliphatic heterocycles. The van der Waals surface area contributed by atoms with E-state index in [9.17, 15) is 18.4 Å². The molecule has 170 valence electrons. The third-order valence-electron chi connectivity index (χ3n) is 4.45. The van der Waals surface area contributed by atoms with Gasteiger partial charge in [-0.2, -0.15) is 5.26 Å². The van der Waals surface area contributed by atoms with Crippen LogP contribution in [-0.4, -0.2) is 12.4 Å². The van der Waals surface area contributed by atoms with E-state index < -0.39 is 6.36 Å². The van der Waals surface area contributed by atoms with Gasteiger partial charge in [-0.05, 0) is 80.1 Å². The number of rotatable bonds is 5. The molecule has 0 fully saturated rings. The van der Waals surface area contributed by atoms with Gasteiger partial charge >= 0.3 is 6.36 Å². The molecule has 0 saturated carbocycles. The minimum atomic E-state index is -4.81. The molecule has 0 radical (unpaired) electrons. The highest BCUT2D eigenvalue weighted by molar-refractivity contribution is 7.22. The summed E-state index contributed by atoms with van der Waals surface area (Å²) in [5, 5.41) is 13.6. The fourth-order valence-electron chi connectivity index (χ4n) is 3.11. The Hall–Kier alpha value is -2.98. The second-order valence-electron chi connectivity index (χ2n) is 7.36. The van der Waals surface area contributed by atoms with Crippen LogP contribution in [0.25, 0.3) is 26.1 Å². The van der Waals surface area contributed by atoms with Gasteiger partial charge in [0.05, 0.1) is 0 Å². The van der Waals surface area contributed by atoms with Gasteiger partial charge in [-0.25, -0.2) is 0 Å². The number of nitriles is 1. The molecule has 3 nitrogen and oxygen atoms in total. The Morgan fingerprint density at radius 3 is 2.38 bits per heavy atom. The summed E-state index contributed by atoms with van der Waals surface area (Å²) in [6, 6.07) is 14.6. The maximum atomic E-state index is 12.9. The van der Waals surface area contributed by atoms with Crippen LogP contribution in [0, 0.1) is 18.3 Å². The molecule has 0 spiro atoms. The quantitative estimate of drug-likeness (QED) is 0.392. The van der Waals surface area contributed by atoms with Gasteiger partial charge in [-0.1, -0.05) is 31.5 Å². The first-order valence-electron chi connectivity index (χ1n) is 10.3. The molecule has 7 heteroatoms. The molecule has 3 aromatic rings. The van der Waals surface area contributed by atoms with E-state index in [1.807, 2.05) is 58.9 Å². The first-order chi connectivity index (χ1) is 15.1. The molecule has 0 bridgehead atoms. The van der Waals surface area contributed by atoms with Crippen molar-refractivity contribution in [2.24, 2.45) is 0 Å². The van der Waals surface area contributed by atoms with Gasteiger partial charge in [0.2, 0.25) is 0 Å². The molecule has 32 heavy (non-hydrogen) atoms. The van der Waals surface area contributed by atoms with Crippen molar-refractivity contribution < 1.29 is 17.9 Å². The lowest BCUT2D eigenvalue weighted by Crippen LogP contribution is -2.22. The van der Waals surface area contributed by atoms with Gasteiger partial charge in [-0.15, -0.1) is 24.5 Å². The normalized spacial score (nSPS) is 12.0. The van der Waals surface area contributed by atoms with Gasteiger partial charge in [0.25, 0.3) is 0 Å². The van der Waals surface area contributed by atoms with Crippen molar-refractivity contribution in [1.29, 1.82) is 5.26 Å². The molecule has 0 aliphatic carbocycles. The number of fused-ring (bicyclic) bond motifs is 1. The standard InChI is InChI=1S/C23H21F3N2OS.C2H6/c1-13(2)28-20(12-27)15(4)16-8-18(10-19(9-16)29-23(24,25)26)22-11-17-7-14(3)5-6-21(17)30-22;1-2/h5-11,13,28H,1-4H3;1-2H3/b20-15+;. The van der Waals surface area contributed by atoms with Gasteiger partial charge in [0, 0.05) is 15.6 Å². The molecule has 0 atom stereocenters. The summed E-state index contributed by atoms with van der Waals surface area (Å²) in [6.45, 7) is 11.5. The monoisotopic (exact) mass is 460 g/mol. The highest BCUT2D eigenvalue weighted by Crippen LogP contribution is 2.38. The molecular weight excluding hydrogens is 433 g/mol. The number of hydrogen-bond acceptors (Lipinski definition) is 4. The zero-order valence-electron chi connectivity index (χ0n) is 19.0. The van der Waals surface area contributed by atoms with E-state index in [2.05, 4.69) is 16.1 Å². The lowest BCUT2D eigenvalue weighted by molar-refractivity contribution is -0.274. The third-order valence-corrected chi connectivity index (χ3v) is 5.61. The molecular formula is C25H27F3N2OS. The number of allylic oxidation sites excluding steroid dienone is 2. The average molecular weight is 461 g/mol. The SMILES string of the molecule is C/C(=C(/C#N)NC(C)C)c1cc(OC(F)(F)F)cc(-c2cc3cc(C)ccc3s2)c1.CC. The average Bonchev–Trinajstić information content (AvgIpc) is 3.14. The van der Waals surface area contributed by atoms with Crippen molar-refractivity contribution in [3.63, 3.8) is 0 Å². The minimum absolute atomic E-state index is 0.00881. The van der Waals surface area contributed by atoms with E-state index >= 15 is 0 Å². The first-order valence-corrected chi connectivity index (χ1v) is 11.2. The maximum absolute atomic E-state index is 12.9. The van der Waals surface area contributed by atoms with Crippen LogP contribution in [0.3, 0.4) is 0 Å². The van der Waals surface area contributed by atoms with Gasteiger partial charge in [-0.3, -0.25) is 0 Å². The lowest BCUT2D eigenvalue weighted by atomic mass is 10.0. The summed E-state index contributed by atoms with van der Waals surface area (Å²) >= 11 is 1.50. The van der Waals surface area contributed by atoms with Crippen LogP contribution >= 0.6 is 11.3 Å². The predicted octanol–water partition coefficient (Wildman–Crippen LogP) is 8.05. The third kappa shape index (κ3) is 6.51. The van der Waals surface area contributed by atoms with Crippen LogP contribution < -0.4 is 10.1 Å². The van der Waals surface area contributed by atoms with Crippen molar-refractivity contribution in [2.45, 2.75) is 53.9 Å². The largest absolute Gasteiger partial charge is 0.573 e. The van der Waals surface area contributed by atoms with Crippen molar-refractivity contribution >= 4 is 27.0 Å². The van der Waals surface area contributed by atoms with Crippen molar-refractivity contribution in [2.75, 3.05) is 0 Å². The fourth-order valence-corrected chi connectivity index (χ4v) is 4.14. The maximum Gasteiger partial charge on any atom is 0.573 e. The molecule has 3 rings (SSSR count). The molecule has 0 amide bonds. The molecule has 1 N–H and O–H groups in total. The fraction of sp³-hybridized carbons (Fsp3) is 0.320. The van der Waals surface area contributed by atoms with Crippen LogP contribution in [0.15, 0.2) is 48.2 Å². The van der Waals surface area contributed by atoms with Crippen molar-refractivity contribution in [3.8, 4) is 22.3 Å². The number of ether oxygens (including phenoxy) is 1. The number of nitrogens with one attached hydrogen (secondary N) is 1. The summed E-state index contributed by atoms with van der Waals surface area (Å²) in [7, 11) is 0. The highest BCUT2D eigenvalue weighted by Gasteiger charge is 2.31. The Kier molecular flexibility index (Phi) is 8.34. The van der Waals surface area contributed by atoms with Crippen LogP contribution in [0.4, 0.5) is 13.2 Å². The van der Waals surface area contributed by atoms with Gasteiger partial charge in [0.1, 0.15) is 17.5 Å². The van der Waals surface area contributed by atoms with Crippen LogP contribution in [0.2, 0.25) is 0 Å². The number of nitrogens with zero attached hydrogens (tertiary/aromatic N) is 1. The van der Waals surface area contributed by atoms with Crippen LogP contribution in [0.5, 0.6) is 5.75 Å². The Labute approximate surface area is 191 Å². The minimum Gasteiger partial charge on any atom is -0.406 e. The predicted molar refractivity (Wildman–Crippen MR) is 127 cm³/mol. The summed E-state index contributed by atoms with van der Waals surface area (Å²) < 4.78 is 44.0. The molecule has 0 unspecified atom stereocenters. The van der Waals surface area contributed by atoms with E-state index in [4.69, 9.17) is 0 Å². The second-order valence-corrected chi connectivity index (χ2v) is 8.44. The Balaban J connectivity index is 0.00000176. The number of alkyl halides is 3. The Morgan fingerprint density at radius 2 is 1.78 bits per heavy atom. The second kappa shape index (κ2) is 10.6. The number of aryl methyl sites for hydroxylation is 1. The molecule has 1 aromatic heterocycles. The van der Waals surface area contributed by atoms with E-state index in [0.717, 1.165) is 20.5 Å². The van der Waals surface area contributed by atoms with Gasteiger partial charge < -0.3 is 10.1 Å².